The summed E-state index contributed by atoms with van der Waals surface area (Å²) in [6, 6.07) is 1.73. The lowest BCUT2D eigenvalue weighted by molar-refractivity contribution is 0.352. The van der Waals surface area contributed by atoms with Gasteiger partial charge in [-0.15, -0.1) is 0 Å². The Morgan fingerprint density at radius 2 is 1.05 bits per heavy atom. The average molecular weight is 317 g/mol. The molecule has 0 aliphatic heterocycles. The topological polar surface area (TPSA) is 48.1 Å². The van der Waals surface area contributed by atoms with E-state index in [0.29, 0.717) is 24.2 Å². The first kappa shape index (κ1) is 17.4. The Balaban J connectivity index is 2.23. The molecular formula is C14H28N4S2. The molecule has 0 amide bonds. The monoisotopic (exact) mass is 316 g/mol. The molecule has 0 aromatic carbocycles. The fourth-order valence-electron chi connectivity index (χ4n) is 2.36. The van der Waals surface area contributed by atoms with E-state index in [1.54, 1.807) is 0 Å². The summed E-state index contributed by atoms with van der Waals surface area (Å²) in [4.78, 5) is 0. The predicted octanol–water partition coefficient (Wildman–Crippen LogP) is 2.04. The van der Waals surface area contributed by atoms with Gasteiger partial charge in [0.25, 0.3) is 0 Å². The smallest absolute Gasteiger partial charge is 0.166 e. The standard InChI is InChI=1S/C14H28N4S2/c1-9(2)15-13(19)17-11-5-7-12(8-6-11)18-14(20)16-10(3)4/h9-12H,5-8H2,1-4H3,(H2,15,17,19)(H2,16,18,20). The molecule has 116 valence electrons. The van der Waals surface area contributed by atoms with E-state index in [1.807, 2.05) is 0 Å². The third-order valence-corrected chi connectivity index (χ3v) is 3.71. The zero-order valence-electron chi connectivity index (χ0n) is 13.0. The Morgan fingerprint density at radius 1 is 0.750 bits per heavy atom. The normalized spacial score (nSPS) is 22.5. The Kier molecular flexibility index (Phi) is 7.51. The van der Waals surface area contributed by atoms with Crippen LogP contribution in [0.3, 0.4) is 0 Å². The minimum atomic E-state index is 0.382. The lowest BCUT2D eigenvalue weighted by atomic mass is 9.91. The van der Waals surface area contributed by atoms with Gasteiger partial charge < -0.3 is 21.3 Å². The molecule has 1 aliphatic carbocycles. The summed E-state index contributed by atoms with van der Waals surface area (Å²) in [5, 5.41) is 14.8. The lowest BCUT2D eigenvalue weighted by Crippen LogP contribution is -2.49. The minimum absolute atomic E-state index is 0.382. The quantitative estimate of drug-likeness (QED) is 0.596. The molecule has 0 aromatic heterocycles. The average Bonchev–Trinajstić information content (AvgIpc) is 2.29. The van der Waals surface area contributed by atoms with Crippen LogP contribution in [-0.2, 0) is 0 Å². The number of hydrogen-bond donors (Lipinski definition) is 4. The van der Waals surface area contributed by atoms with Crippen LogP contribution >= 0.6 is 24.4 Å². The molecule has 4 N–H and O–H groups in total. The van der Waals surface area contributed by atoms with E-state index in [1.165, 1.54) is 0 Å². The molecule has 0 saturated heterocycles. The summed E-state index contributed by atoms with van der Waals surface area (Å²) in [5.74, 6) is 0. The van der Waals surface area contributed by atoms with Gasteiger partial charge in [-0.3, -0.25) is 0 Å². The summed E-state index contributed by atoms with van der Waals surface area (Å²) >= 11 is 10.6. The first-order valence-corrected chi connectivity index (χ1v) is 8.32. The number of nitrogens with one attached hydrogen (secondary N) is 4. The van der Waals surface area contributed by atoms with Crippen molar-refractivity contribution in [3.05, 3.63) is 0 Å². The van der Waals surface area contributed by atoms with E-state index < -0.39 is 0 Å². The van der Waals surface area contributed by atoms with Crippen molar-refractivity contribution in [3.8, 4) is 0 Å². The molecule has 1 saturated carbocycles. The largest absolute Gasteiger partial charge is 0.361 e. The van der Waals surface area contributed by atoms with Crippen LogP contribution in [0.15, 0.2) is 0 Å². The van der Waals surface area contributed by atoms with Gasteiger partial charge in [0.05, 0.1) is 0 Å². The second-order valence-electron chi connectivity index (χ2n) is 6.09. The van der Waals surface area contributed by atoms with Crippen LogP contribution in [0.25, 0.3) is 0 Å². The van der Waals surface area contributed by atoms with Crippen molar-refractivity contribution < 1.29 is 0 Å². The van der Waals surface area contributed by atoms with Gasteiger partial charge in [0.2, 0.25) is 0 Å². The van der Waals surface area contributed by atoms with Crippen LogP contribution in [0.1, 0.15) is 53.4 Å². The maximum absolute atomic E-state index is 5.29. The highest BCUT2D eigenvalue weighted by Crippen LogP contribution is 2.18. The van der Waals surface area contributed by atoms with Crippen molar-refractivity contribution >= 4 is 34.7 Å². The first-order valence-electron chi connectivity index (χ1n) is 7.51. The van der Waals surface area contributed by atoms with Gasteiger partial charge in [0.1, 0.15) is 0 Å². The number of thiocarbonyl (C=S) groups is 2. The Morgan fingerprint density at radius 3 is 1.30 bits per heavy atom. The van der Waals surface area contributed by atoms with E-state index >= 15 is 0 Å². The number of hydrogen-bond acceptors (Lipinski definition) is 2. The highest BCUT2D eigenvalue weighted by atomic mass is 32.1. The second-order valence-corrected chi connectivity index (χ2v) is 6.91. The molecule has 0 bridgehead atoms. The molecular weight excluding hydrogens is 288 g/mol. The van der Waals surface area contributed by atoms with Gasteiger partial charge in [0, 0.05) is 24.2 Å². The van der Waals surface area contributed by atoms with E-state index in [0.717, 1.165) is 35.9 Å². The SMILES string of the molecule is CC(C)NC(=S)NC1CCC(NC(=S)NC(C)C)CC1. The van der Waals surface area contributed by atoms with Crippen molar-refractivity contribution in [2.24, 2.45) is 0 Å². The van der Waals surface area contributed by atoms with Crippen LogP contribution in [0.4, 0.5) is 0 Å². The maximum atomic E-state index is 5.29. The van der Waals surface area contributed by atoms with Gasteiger partial charge in [-0.1, -0.05) is 0 Å². The summed E-state index contributed by atoms with van der Waals surface area (Å²) in [5.41, 5.74) is 0. The Bertz CT molecular complexity index is 291. The van der Waals surface area contributed by atoms with Crippen molar-refractivity contribution in [2.75, 3.05) is 0 Å². The van der Waals surface area contributed by atoms with Gasteiger partial charge in [0.15, 0.2) is 10.2 Å². The molecule has 1 fully saturated rings. The van der Waals surface area contributed by atoms with Gasteiger partial charge in [-0.2, -0.15) is 0 Å². The predicted molar refractivity (Wildman–Crippen MR) is 94.1 cm³/mol. The number of rotatable bonds is 4. The molecule has 20 heavy (non-hydrogen) atoms. The van der Waals surface area contributed by atoms with Crippen LogP contribution in [0, 0.1) is 0 Å². The Labute approximate surface area is 133 Å². The molecule has 0 atom stereocenters. The van der Waals surface area contributed by atoms with Crippen molar-refractivity contribution in [2.45, 2.75) is 77.5 Å². The summed E-state index contributed by atoms with van der Waals surface area (Å²) in [6.07, 6.45) is 4.51. The van der Waals surface area contributed by atoms with Gasteiger partial charge in [-0.25, -0.2) is 0 Å². The summed E-state index contributed by atoms with van der Waals surface area (Å²) in [6.45, 7) is 8.38. The molecule has 1 rings (SSSR count). The third kappa shape index (κ3) is 7.24. The van der Waals surface area contributed by atoms with Crippen LogP contribution < -0.4 is 21.3 Å². The van der Waals surface area contributed by atoms with Crippen molar-refractivity contribution in [3.63, 3.8) is 0 Å². The molecule has 0 unspecified atom stereocenters. The molecule has 0 aromatic rings. The lowest BCUT2D eigenvalue weighted by Gasteiger charge is -2.31. The van der Waals surface area contributed by atoms with Crippen LogP contribution in [-0.4, -0.2) is 34.4 Å². The first-order chi connectivity index (χ1) is 9.36. The van der Waals surface area contributed by atoms with Gasteiger partial charge in [-0.05, 0) is 77.8 Å². The van der Waals surface area contributed by atoms with Crippen molar-refractivity contribution in [1.29, 1.82) is 0 Å². The fraction of sp³-hybridized carbons (Fsp3) is 0.857. The minimum Gasteiger partial charge on any atom is -0.361 e. The van der Waals surface area contributed by atoms with Gasteiger partial charge >= 0.3 is 0 Å². The summed E-state index contributed by atoms with van der Waals surface area (Å²) in [7, 11) is 0. The van der Waals surface area contributed by atoms with Crippen LogP contribution in [0.5, 0.6) is 0 Å². The van der Waals surface area contributed by atoms with Crippen LogP contribution in [0.2, 0.25) is 0 Å². The third-order valence-electron chi connectivity index (χ3n) is 3.24. The molecule has 0 radical (unpaired) electrons. The zero-order chi connectivity index (χ0) is 15.1. The molecule has 0 heterocycles. The Hall–Kier alpha value is -0.620. The van der Waals surface area contributed by atoms with Crippen molar-refractivity contribution in [1.82, 2.24) is 21.3 Å². The molecule has 4 nitrogen and oxygen atoms in total. The fourth-order valence-corrected chi connectivity index (χ4v) is 3.17. The van der Waals surface area contributed by atoms with E-state index in [9.17, 15) is 0 Å². The second kappa shape index (κ2) is 8.62. The van der Waals surface area contributed by atoms with E-state index in [4.69, 9.17) is 24.4 Å². The van der Waals surface area contributed by atoms with E-state index in [2.05, 4.69) is 49.0 Å². The summed E-state index contributed by atoms with van der Waals surface area (Å²) < 4.78 is 0. The maximum Gasteiger partial charge on any atom is 0.166 e. The molecule has 1 aliphatic rings. The molecule has 6 heteroatoms. The zero-order valence-corrected chi connectivity index (χ0v) is 14.6. The highest BCUT2D eigenvalue weighted by molar-refractivity contribution is 7.80. The highest BCUT2D eigenvalue weighted by Gasteiger charge is 2.22. The van der Waals surface area contributed by atoms with E-state index in [-0.39, 0.29) is 0 Å². The molecule has 0 spiro atoms.